The molecule has 3 aromatic rings. The predicted molar refractivity (Wildman–Crippen MR) is 85.6 cm³/mol. The second-order valence-corrected chi connectivity index (χ2v) is 5.48. The third-order valence-electron chi connectivity index (χ3n) is 3.05. The molecule has 0 N–H and O–H groups in total. The molecule has 0 spiro atoms. The number of aromatic nitrogens is 3. The molecule has 23 heavy (non-hydrogen) atoms. The van der Waals surface area contributed by atoms with Crippen LogP contribution in [0, 0.1) is 0 Å². The fourth-order valence-electron chi connectivity index (χ4n) is 1.86. The summed E-state index contributed by atoms with van der Waals surface area (Å²) in [4.78, 5) is 16.1. The maximum Gasteiger partial charge on any atom is 0.277 e. The van der Waals surface area contributed by atoms with Gasteiger partial charge in [-0.3, -0.25) is 9.78 Å². The maximum absolute atomic E-state index is 12.1. The van der Waals surface area contributed by atoms with Gasteiger partial charge in [-0.15, -0.1) is 10.2 Å². The summed E-state index contributed by atoms with van der Waals surface area (Å²) >= 11 is 1.21. The lowest BCUT2D eigenvalue weighted by Gasteiger charge is -2.01. The highest BCUT2D eigenvalue weighted by molar-refractivity contribution is 7.99. The molecule has 2 aromatic heterocycles. The lowest BCUT2D eigenvalue weighted by Crippen LogP contribution is -2.02. The van der Waals surface area contributed by atoms with Crippen LogP contribution in [0.1, 0.15) is 10.4 Å². The van der Waals surface area contributed by atoms with E-state index in [-0.39, 0.29) is 11.5 Å². The number of methoxy groups -OCH3 is 1. The SMILES string of the molecule is COc1ccc(C(=O)CSc2nnc(-c3cccnc3)o2)cc1. The molecule has 0 saturated carbocycles. The first-order valence-electron chi connectivity index (χ1n) is 6.80. The van der Waals surface area contributed by atoms with E-state index in [1.807, 2.05) is 6.07 Å². The number of thioether (sulfide) groups is 1. The van der Waals surface area contributed by atoms with Gasteiger partial charge in [0.25, 0.3) is 5.22 Å². The van der Waals surface area contributed by atoms with Crippen molar-refractivity contribution in [2.24, 2.45) is 0 Å². The predicted octanol–water partition coefficient (Wildman–Crippen LogP) is 3.12. The van der Waals surface area contributed by atoms with Gasteiger partial charge in [-0.25, -0.2) is 0 Å². The number of pyridine rings is 1. The van der Waals surface area contributed by atoms with E-state index in [4.69, 9.17) is 9.15 Å². The summed E-state index contributed by atoms with van der Waals surface area (Å²) < 4.78 is 10.6. The standard InChI is InChI=1S/C16H13N3O3S/c1-21-13-6-4-11(5-7-13)14(20)10-23-16-19-18-15(22-16)12-3-2-8-17-9-12/h2-9H,10H2,1H3. The summed E-state index contributed by atoms with van der Waals surface area (Å²) in [7, 11) is 1.59. The number of benzene rings is 1. The van der Waals surface area contributed by atoms with E-state index < -0.39 is 0 Å². The van der Waals surface area contributed by atoms with Crippen LogP contribution in [-0.2, 0) is 0 Å². The molecule has 0 atom stereocenters. The highest BCUT2D eigenvalue weighted by Crippen LogP contribution is 2.23. The quantitative estimate of drug-likeness (QED) is 0.508. The number of ether oxygens (including phenoxy) is 1. The van der Waals surface area contributed by atoms with Gasteiger partial charge in [-0.1, -0.05) is 11.8 Å². The molecule has 0 radical (unpaired) electrons. The first-order chi connectivity index (χ1) is 11.3. The molecule has 3 rings (SSSR count). The molecule has 0 aliphatic heterocycles. The molecule has 0 amide bonds. The van der Waals surface area contributed by atoms with Crippen LogP contribution in [0.2, 0.25) is 0 Å². The number of carbonyl (C=O) groups excluding carboxylic acids is 1. The molecule has 0 bridgehead atoms. The van der Waals surface area contributed by atoms with Crippen LogP contribution >= 0.6 is 11.8 Å². The van der Waals surface area contributed by atoms with Gasteiger partial charge in [0.1, 0.15) is 5.75 Å². The second kappa shape index (κ2) is 7.06. The Balaban J connectivity index is 1.62. The first kappa shape index (κ1) is 15.2. The molecule has 0 aliphatic carbocycles. The van der Waals surface area contributed by atoms with E-state index in [2.05, 4.69) is 15.2 Å². The van der Waals surface area contributed by atoms with Crippen molar-refractivity contribution in [3.8, 4) is 17.2 Å². The summed E-state index contributed by atoms with van der Waals surface area (Å²) in [6, 6.07) is 10.6. The molecule has 116 valence electrons. The van der Waals surface area contributed by atoms with Crippen molar-refractivity contribution in [2.45, 2.75) is 5.22 Å². The second-order valence-electron chi connectivity index (χ2n) is 4.56. The van der Waals surface area contributed by atoms with Crippen molar-refractivity contribution in [1.29, 1.82) is 0 Å². The fourth-order valence-corrected chi connectivity index (χ4v) is 2.52. The summed E-state index contributed by atoms with van der Waals surface area (Å²) in [6.45, 7) is 0. The Morgan fingerprint density at radius 3 is 2.74 bits per heavy atom. The van der Waals surface area contributed by atoms with E-state index in [0.717, 1.165) is 5.56 Å². The van der Waals surface area contributed by atoms with Gasteiger partial charge in [-0.2, -0.15) is 0 Å². The van der Waals surface area contributed by atoms with Gasteiger partial charge in [0.15, 0.2) is 5.78 Å². The zero-order valence-corrected chi connectivity index (χ0v) is 13.1. The Morgan fingerprint density at radius 1 is 1.22 bits per heavy atom. The van der Waals surface area contributed by atoms with Gasteiger partial charge >= 0.3 is 0 Å². The molecular weight excluding hydrogens is 314 g/mol. The molecule has 2 heterocycles. The van der Waals surface area contributed by atoms with Gasteiger partial charge in [-0.05, 0) is 36.4 Å². The molecule has 0 fully saturated rings. The van der Waals surface area contributed by atoms with E-state index in [9.17, 15) is 4.79 Å². The zero-order chi connectivity index (χ0) is 16.1. The zero-order valence-electron chi connectivity index (χ0n) is 12.3. The fraction of sp³-hybridized carbons (Fsp3) is 0.125. The Hall–Kier alpha value is -2.67. The van der Waals surface area contributed by atoms with Crippen LogP contribution in [0.5, 0.6) is 5.75 Å². The maximum atomic E-state index is 12.1. The summed E-state index contributed by atoms with van der Waals surface area (Å²) in [6.07, 6.45) is 3.31. The Kier molecular flexibility index (Phi) is 4.68. The molecule has 6 nitrogen and oxygen atoms in total. The molecular formula is C16H13N3O3S. The third kappa shape index (κ3) is 3.75. The number of carbonyl (C=O) groups is 1. The van der Waals surface area contributed by atoms with Crippen molar-refractivity contribution in [1.82, 2.24) is 15.2 Å². The number of ketones is 1. The lowest BCUT2D eigenvalue weighted by molar-refractivity contribution is 0.102. The normalized spacial score (nSPS) is 10.5. The molecule has 0 unspecified atom stereocenters. The highest BCUT2D eigenvalue weighted by Gasteiger charge is 2.12. The average molecular weight is 327 g/mol. The molecule has 1 aromatic carbocycles. The Morgan fingerprint density at radius 2 is 2.04 bits per heavy atom. The monoisotopic (exact) mass is 327 g/mol. The van der Waals surface area contributed by atoms with Crippen molar-refractivity contribution in [3.63, 3.8) is 0 Å². The van der Waals surface area contributed by atoms with Crippen molar-refractivity contribution < 1.29 is 13.9 Å². The lowest BCUT2D eigenvalue weighted by atomic mass is 10.1. The van der Waals surface area contributed by atoms with E-state index in [0.29, 0.717) is 22.4 Å². The van der Waals surface area contributed by atoms with Crippen LogP contribution < -0.4 is 4.74 Å². The van der Waals surface area contributed by atoms with Gasteiger partial charge in [0.05, 0.1) is 18.4 Å². The summed E-state index contributed by atoms with van der Waals surface area (Å²) in [5, 5.41) is 8.24. The summed E-state index contributed by atoms with van der Waals surface area (Å²) in [5.41, 5.74) is 1.36. The van der Waals surface area contributed by atoms with E-state index >= 15 is 0 Å². The number of rotatable bonds is 6. The number of hydrogen-bond donors (Lipinski definition) is 0. The topological polar surface area (TPSA) is 78.1 Å². The van der Waals surface area contributed by atoms with Crippen molar-refractivity contribution in [2.75, 3.05) is 12.9 Å². The summed E-state index contributed by atoms with van der Waals surface area (Å²) in [5.74, 6) is 1.31. The number of nitrogens with zero attached hydrogens (tertiary/aromatic N) is 3. The first-order valence-corrected chi connectivity index (χ1v) is 7.79. The van der Waals surface area contributed by atoms with Gasteiger partial charge in [0.2, 0.25) is 5.89 Å². The van der Waals surface area contributed by atoms with Gasteiger partial charge in [0, 0.05) is 18.0 Å². The molecule has 0 aliphatic rings. The van der Waals surface area contributed by atoms with Crippen molar-refractivity contribution >= 4 is 17.5 Å². The Bertz CT molecular complexity index is 788. The van der Waals surface area contributed by atoms with Crippen LogP contribution in [0.25, 0.3) is 11.5 Å². The van der Waals surface area contributed by atoms with Crippen molar-refractivity contribution in [3.05, 3.63) is 54.4 Å². The smallest absolute Gasteiger partial charge is 0.277 e. The minimum Gasteiger partial charge on any atom is -0.497 e. The highest BCUT2D eigenvalue weighted by atomic mass is 32.2. The number of Topliss-reactive ketones (excluding diaryl/α,β-unsaturated/α-hetero) is 1. The Labute approximate surface area is 136 Å². The average Bonchev–Trinajstić information content (AvgIpc) is 3.09. The van der Waals surface area contributed by atoms with Gasteiger partial charge < -0.3 is 9.15 Å². The van der Waals surface area contributed by atoms with Crippen LogP contribution in [-0.4, -0.2) is 33.8 Å². The minimum absolute atomic E-state index is 0.0150. The van der Waals surface area contributed by atoms with E-state index in [1.165, 1.54) is 11.8 Å². The van der Waals surface area contributed by atoms with E-state index in [1.54, 1.807) is 49.8 Å². The molecule has 0 saturated heterocycles. The number of hydrogen-bond acceptors (Lipinski definition) is 7. The molecule has 7 heteroatoms. The van der Waals surface area contributed by atoms with Crippen LogP contribution in [0.4, 0.5) is 0 Å². The minimum atomic E-state index is -0.0150. The van der Waals surface area contributed by atoms with Crippen LogP contribution in [0.15, 0.2) is 58.4 Å². The third-order valence-corrected chi connectivity index (χ3v) is 3.87. The largest absolute Gasteiger partial charge is 0.497 e. The van der Waals surface area contributed by atoms with Crippen LogP contribution in [0.3, 0.4) is 0 Å².